The van der Waals surface area contributed by atoms with Gasteiger partial charge in [0.05, 0.1) is 31.3 Å². The topological polar surface area (TPSA) is 91.9 Å². The van der Waals surface area contributed by atoms with E-state index in [1.165, 1.54) is 22.7 Å². The Morgan fingerprint density at radius 3 is 2.90 bits per heavy atom. The first-order valence-electron chi connectivity index (χ1n) is 9.84. The Kier molecular flexibility index (Phi) is 4.48. The van der Waals surface area contributed by atoms with Crippen LogP contribution >= 0.6 is 0 Å². The number of hydrogen-bond acceptors (Lipinski definition) is 7. The van der Waals surface area contributed by atoms with Crippen LogP contribution in [0.5, 0.6) is 0 Å². The van der Waals surface area contributed by atoms with Gasteiger partial charge in [-0.05, 0) is 30.9 Å². The molecule has 4 heterocycles. The summed E-state index contributed by atoms with van der Waals surface area (Å²) < 4.78 is 5.55. The number of anilines is 2. The number of H-pyrrole nitrogens is 1. The molecule has 0 aliphatic carbocycles. The predicted octanol–water partition coefficient (Wildman–Crippen LogP) is 3.22. The summed E-state index contributed by atoms with van der Waals surface area (Å²) in [5.74, 6) is 1.75. The van der Waals surface area contributed by atoms with Crippen molar-refractivity contribution in [3.63, 3.8) is 0 Å². The second kappa shape index (κ2) is 7.29. The molecule has 148 valence electrons. The Bertz CT molecular complexity index is 1170. The summed E-state index contributed by atoms with van der Waals surface area (Å²) in [4.78, 5) is 23.3. The Morgan fingerprint density at radius 2 is 2.03 bits per heavy atom. The van der Waals surface area contributed by atoms with Gasteiger partial charge in [0.25, 0.3) is 0 Å². The van der Waals surface area contributed by atoms with Crippen molar-refractivity contribution < 1.29 is 4.74 Å². The van der Waals surface area contributed by atoms with E-state index >= 15 is 0 Å². The number of fused-ring (bicyclic) bond motifs is 2. The molecular formula is C21H23N7O. The molecule has 0 amide bonds. The normalized spacial score (nSPS) is 15.7. The molecule has 8 heteroatoms. The van der Waals surface area contributed by atoms with Crippen molar-refractivity contribution in [3.8, 4) is 0 Å². The molecule has 0 spiro atoms. The van der Waals surface area contributed by atoms with Crippen LogP contribution in [-0.4, -0.2) is 51.2 Å². The summed E-state index contributed by atoms with van der Waals surface area (Å²) >= 11 is 0. The largest absolute Gasteiger partial charge is 0.378 e. The third-order valence-corrected chi connectivity index (χ3v) is 5.40. The molecule has 0 bridgehead atoms. The van der Waals surface area contributed by atoms with Crippen LogP contribution in [0.25, 0.3) is 21.9 Å². The van der Waals surface area contributed by atoms with Gasteiger partial charge >= 0.3 is 0 Å². The summed E-state index contributed by atoms with van der Waals surface area (Å²) in [7, 11) is 0. The molecule has 5 rings (SSSR count). The number of ether oxygens (including phenoxy) is 1. The smallest absolute Gasteiger partial charge is 0.182 e. The Labute approximate surface area is 168 Å². The first-order chi connectivity index (χ1) is 14.2. The SMILES string of the molecule is Cc1cccc2cc(C(C)Nc3ncnc4nc[nH]c34)nc(N3CCOCC3)c12. The highest BCUT2D eigenvalue weighted by molar-refractivity contribution is 5.95. The molecule has 1 aliphatic heterocycles. The van der Waals surface area contributed by atoms with Crippen molar-refractivity contribution in [2.75, 3.05) is 36.5 Å². The summed E-state index contributed by atoms with van der Waals surface area (Å²) in [5, 5.41) is 5.87. The van der Waals surface area contributed by atoms with Crippen molar-refractivity contribution >= 4 is 33.6 Å². The van der Waals surface area contributed by atoms with Gasteiger partial charge in [0.15, 0.2) is 11.5 Å². The Morgan fingerprint density at radius 1 is 1.17 bits per heavy atom. The lowest BCUT2D eigenvalue weighted by atomic mass is 10.0. The van der Waals surface area contributed by atoms with Crippen molar-refractivity contribution in [2.45, 2.75) is 19.9 Å². The molecule has 0 saturated carbocycles. The van der Waals surface area contributed by atoms with Gasteiger partial charge in [-0.3, -0.25) is 0 Å². The van der Waals surface area contributed by atoms with Crippen LogP contribution < -0.4 is 10.2 Å². The van der Waals surface area contributed by atoms with Crippen LogP contribution in [0.15, 0.2) is 36.9 Å². The predicted molar refractivity (Wildman–Crippen MR) is 113 cm³/mol. The molecule has 1 saturated heterocycles. The molecule has 0 radical (unpaired) electrons. The van der Waals surface area contributed by atoms with E-state index in [0.717, 1.165) is 49.1 Å². The molecule has 1 aromatic carbocycles. The molecule has 2 N–H and O–H groups in total. The lowest BCUT2D eigenvalue weighted by Gasteiger charge is -2.30. The van der Waals surface area contributed by atoms with E-state index in [1.54, 1.807) is 6.33 Å². The summed E-state index contributed by atoms with van der Waals surface area (Å²) in [5.41, 5.74) is 3.64. The number of nitrogens with one attached hydrogen (secondary N) is 2. The first-order valence-corrected chi connectivity index (χ1v) is 9.84. The third-order valence-electron chi connectivity index (χ3n) is 5.40. The van der Waals surface area contributed by atoms with E-state index in [9.17, 15) is 0 Å². The van der Waals surface area contributed by atoms with Gasteiger partial charge in [-0.1, -0.05) is 18.2 Å². The lowest BCUT2D eigenvalue weighted by Crippen LogP contribution is -2.37. The highest BCUT2D eigenvalue weighted by Crippen LogP contribution is 2.32. The maximum absolute atomic E-state index is 5.55. The van der Waals surface area contributed by atoms with E-state index in [1.807, 2.05) is 0 Å². The summed E-state index contributed by atoms with van der Waals surface area (Å²) in [6, 6.07) is 8.52. The molecule has 1 unspecified atom stereocenters. The highest BCUT2D eigenvalue weighted by Gasteiger charge is 2.20. The fourth-order valence-electron chi connectivity index (χ4n) is 3.87. The van der Waals surface area contributed by atoms with E-state index < -0.39 is 0 Å². The molecule has 1 aliphatic rings. The number of imidazole rings is 1. The van der Waals surface area contributed by atoms with Crippen LogP contribution in [0.1, 0.15) is 24.2 Å². The molecule has 29 heavy (non-hydrogen) atoms. The van der Waals surface area contributed by atoms with Crippen molar-refractivity contribution in [1.29, 1.82) is 0 Å². The first kappa shape index (κ1) is 17.8. The molecule has 1 atom stereocenters. The van der Waals surface area contributed by atoms with Gasteiger partial charge in [-0.25, -0.2) is 19.9 Å². The number of aromatic amines is 1. The monoisotopic (exact) mass is 389 g/mol. The van der Waals surface area contributed by atoms with Gasteiger partial charge < -0.3 is 19.9 Å². The van der Waals surface area contributed by atoms with Gasteiger partial charge in [-0.2, -0.15) is 0 Å². The Balaban J connectivity index is 1.56. The van der Waals surface area contributed by atoms with Gasteiger partial charge in [0.1, 0.15) is 17.7 Å². The number of hydrogen-bond donors (Lipinski definition) is 2. The highest BCUT2D eigenvalue weighted by atomic mass is 16.5. The van der Waals surface area contributed by atoms with E-state index in [2.05, 4.69) is 68.3 Å². The van der Waals surface area contributed by atoms with Crippen LogP contribution in [0.2, 0.25) is 0 Å². The minimum absolute atomic E-state index is 0.0406. The van der Waals surface area contributed by atoms with Crippen molar-refractivity contribution in [1.82, 2.24) is 24.9 Å². The van der Waals surface area contributed by atoms with E-state index in [0.29, 0.717) is 5.65 Å². The zero-order valence-electron chi connectivity index (χ0n) is 16.5. The number of benzene rings is 1. The molecule has 1 fully saturated rings. The van der Waals surface area contributed by atoms with Gasteiger partial charge in [0, 0.05) is 18.5 Å². The van der Waals surface area contributed by atoms with E-state index in [4.69, 9.17) is 9.72 Å². The van der Waals surface area contributed by atoms with Crippen molar-refractivity contribution in [3.05, 3.63) is 48.2 Å². The quantitative estimate of drug-likeness (QED) is 0.554. The fourth-order valence-corrected chi connectivity index (χ4v) is 3.87. The molecular weight excluding hydrogens is 366 g/mol. The summed E-state index contributed by atoms with van der Waals surface area (Å²) in [6.45, 7) is 7.39. The molecule has 4 aromatic rings. The van der Waals surface area contributed by atoms with Crippen LogP contribution in [0.3, 0.4) is 0 Å². The average Bonchev–Trinajstić information content (AvgIpc) is 3.24. The van der Waals surface area contributed by atoms with E-state index in [-0.39, 0.29) is 6.04 Å². The second-order valence-corrected chi connectivity index (χ2v) is 7.33. The van der Waals surface area contributed by atoms with Crippen LogP contribution in [0.4, 0.5) is 11.6 Å². The summed E-state index contributed by atoms with van der Waals surface area (Å²) in [6.07, 6.45) is 3.15. The third kappa shape index (κ3) is 3.25. The number of aromatic nitrogens is 5. The minimum Gasteiger partial charge on any atom is -0.378 e. The maximum atomic E-state index is 5.55. The van der Waals surface area contributed by atoms with Gasteiger partial charge in [0.2, 0.25) is 0 Å². The average molecular weight is 389 g/mol. The fraction of sp³-hybridized carbons (Fsp3) is 0.333. The van der Waals surface area contributed by atoms with Crippen LogP contribution in [-0.2, 0) is 4.74 Å². The van der Waals surface area contributed by atoms with Crippen molar-refractivity contribution in [2.24, 2.45) is 0 Å². The standard InChI is InChI=1S/C21H23N7O/c1-13-4-3-5-15-10-16(27-21(17(13)15)28-6-8-29-9-7-28)14(2)26-20-18-19(23-11-22-18)24-12-25-20/h3-5,10-12,14H,6-9H2,1-2H3,(H2,22,23,24,25,26). The minimum atomic E-state index is -0.0406. The molecule has 3 aromatic heterocycles. The number of nitrogens with zero attached hydrogens (tertiary/aromatic N) is 5. The van der Waals surface area contributed by atoms with Crippen LogP contribution in [0, 0.1) is 6.92 Å². The number of morpholine rings is 1. The molecule has 8 nitrogen and oxygen atoms in total. The maximum Gasteiger partial charge on any atom is 0.182 e. The zero-order valence-corrected chi connectivity index (χ0v) is 16.5. The Hall–Kier alpha value is -3.26. The zero-order chi connectivity index (χ0) is 19.8. The van der Waals surface area contributed by atoms with Gasteiger partial charge in [-0.15, -0.1) is 0 Å². The lowest BCUT2D eigenvalue weighted by molar-refractivity contribution is 0.122. The number of aryl methyl sites for hydroxylation is 1. The second-order valence-electron chi connectivity index (χ2n) is 7.33. The number of pyridine rings is 1. The number of rotatable bonds is 4.